The van der Waals surface area contributed by atoms with Crippen LogP contribution in [0.4, 0.5) is 10.1 Å². The van der Waals surface area contributed by atoms with Gasteiger partial charge in [0, 0.05) is 44.0 Å². The van der Waals surface area contributed by atoms with Crippen LogP contribution in [0.25, 0.3) is 0 Å². The number of anilines is 1. The Morgan fingerprint density at radius 2 is 1.81 bits per heavy atom. The Bertz CT molecular complexity index is 905. The van der Waals surface area contributed by atoms with Gasteiger partial charge >= 0.3 is 0 Å². The molecule has 1 N–H and O–H groups in total. The topological polar surface area (TPSA) is 44.8 Å². The number of hydrogen-bond donors (Lipinski definition) is 1. The fourth-order valence-electron chi connectivity index (χ4n) is 4.77. The number of ether oxygens (including phenoxy) is 1. The van der Waals surface area contributed by atoms with Gasteiger partial charge in [-0.25, -0.2) is 4.39 Å². The first kappa shape index (κ1) is 22.9. The number of carbonyl (C=O) groups is 1. The van der Waals surface area contributed by atoms with Crippen LogP contribution in [0.5, 0.6) is 0 Å². The zero-order chi connectivity index (χ0) is 22.5. The van der Waals surface area contributed by atoms with Crippen molar-refractivity contribution in [3.8, 4) is 0 Å². The van der Waals surface area contributed by atoms with Crippen LogP contribution in [0.3, 0.4) is 0 Å². The van der Waals surface area contributed by atoms with E-state index in [0.29, 0.717) is 31.9 Å². The van der Waals surface area contributed by atoms with Crippen LogP contribution in [0.15, 0.2) is 48.5 Å². The van der Waals surface area contributed by atoms with E-state index in [0.717, 1.165) is 43.6 Å². The van der Waals surface area contributed by atoms with Crippen LogP contribution >= 0.6 is 0 Å². The molecular formula is C26H34FN3O2. The zero-order valence-electron chi connectivity index (χ0n) is 19.1. The molecule has 0 aliphatic carbocycles. The molecule has 2 aromatic carbocycles. The molecule has 0 saturated carbocycles. The number of benzene rings is 2. The summed E-state index contributed by atoms with van der Waals surface area (Å²) in [7, 11) is 0. The van der Waals surface area contributed by atoms with Gasteiger partial charge < -0.3 is 15.0 Å². The molecule has 1 amide bonds. The van der Waals surface area contributed by atoms with Crippen molar-refractivity contribution >= 4 is 11.6 Å². The van der Waals surface area contributed by atoms with E-state index in [1.54, 1.807) is 18.2 Å². The second-order valence-corrected chi connectivity index (χ2v) is 9.23. The molecule has 0 radical (unpaired) electrons. The maximum absolute atomic E-state index is 14.6. The lowest BCUT2D eigenvalue weighted by Crippen LogP contribution is -2.44. The highest BCUT2D eigenvalue weighted by atomic mass is 19.1. The number of morpholine rings is 1. The van der Waals surface area contributed by atoms with Crippen molar-refractivity contribution in [2.75, 3.05) is 51.3 Å². The number of rotatable bonds is 7. The number of likely N-dealkylation sites (tertiary alicyclic amines) is 1. The summed E-state index contributed by atoms with van der Waals surface area (Å²) in [6, 6.07) is 13.9. The Hall–Kier alpha value is -2.28. The standard InChI is InChI=1S/C26H34FN3O2/c1-19-17-29(18-20(19)2)11-10-21-6-5-7-22(16-21)28-26(31)25(30-12-14-32-15-13-30)23-8-3-4-9-24(23)27/h3-9,16,19-20,25H,10-15,17-18H2,1-2H3,(H,28,31). The molecule has 0 aromatic heterocycles. The minimum atomic E-state index is -0.684. The highest BCUT2D eigenvalue weighted by Gasteiger charge is 2.31. The van der Waals surface area contributed by atoms with Crippen molar-refractivity contribution in [2.45, 2.75) is 26.3 Å². The quantitative estimate of drug-likeness (QED) is 0.709. The Kier molecular flexibility index (Phi) is 7.55. The fraction of sp³-hybridized carbons (Fsp3) is 0.500. The van der Waals surface area contributed by atoms with Crippen molar-refractivity contribution in [3.63, 3.8) is 0 Å². The number of halogens is 1. The molecule has 32 heavy (non-hydrogen) atoms. The van der Waals surface area contributed by atoms with Gasteiger partial charge in [-0.05, 0) is 42.0 Å². The number of nitrogens with zero attached hydrogens (tertiary/aromatic N) is 2. The summed E-state index contributed by atoms with van der Waals surface area (Å²) in [5.74, 6) is 0.922. The number of amides is 1. The molecule has 0 spiro atoms. The van der Waals surface area contributed by atoms with Gasteiger partial charge in [-0.3, -0.25) is 9.69 Å². The highest BCUT2D eigenvalue weighted by molar-refractivity contribution is 5.95. The summed E-state index contributed by atoms with van der Waals surface area (Å²) >= 11 is 0. The van der Waals surface area contributed by atoms with Crippen molar-refractivity contribution in [1.29, 1.82) is 0 Å². The van der Waals surface area contributed by atoms with Crippen LogP contribution in [0.1, 0.15) is 31.0 Å². The first-order chi connectivity index (χ1) is 15.5. The molecule has 2 aliphatic heterocycles. The average molecular weight is 440 g/mol. The summed E-state index contributed by atoms with van der Waals surface area (Å²) in [6.07, 6.45) is 0.948. The molecule has 172 valence electrons. The molecule has 5 nitrogen and oxygen atoms in total. The maximum atomic E-state index is 14.6. The number of hydrogen-bond acceptors (Lipinski definition) is 4. The third-order valence-electron chi connectivity index (χ3n) is 6.83. The highest BCUT2D eigenvalue weighted by Crippen LogP contribution is 2.27. The van der Waals surface area contributed by atoms with E-state index in [9.17, 15) is 9.18 Å². The molecule has 2 heterocycles. The second kappa shape index (κ2) is 10.6. The lowest BCUT2D eigenvalue weighted by atomic mass is 10.0. The third-order valence-corrected chi connectivity index (χ3v) is 6.83. The van der Waals surface area contributed by atoms with Gasteiger partial charge in [-0.2, -0.15) is 0 Å². The Labute approximate surface area is 190 Å². The van der Waals surface area contributed by atoms with Gasteiger partial charge in [0.1, 0.15) is 11.9 Å². The molecule has 4 rings (SSSR count). The molecule has 2 aromatic rings. The van der Waals surface area contributed by atoms with Crippen LogP contribution in [-0.2, 0) is 16.0 Å². The molecule has 3 unspecified atom stereocenters. The predicted molar refractivity (Wildman–Crippen MR) is 125 cm³/mol. The molecule has 3 atom stereocenters. The molecule has 0 bridgehead atoms. The monoisotopic (exact) mass is 439 g/mol. The summed E-state index contributed by atoms with van der Waals surface area (Å²) in [5, 5.41) is 3.05. The first-order valence-electron chi connectivity index (χ1n) is 11.7. The Morgan fingerprint density at radius 3 is 2.53 bits per heavy atom. The second-order valence-electron chi connectivity index (χ2n) is 9.23. The molecule has 2 saturated heterocycles. The molecule has 6 heteroatoms. The van der Waals surface area contributed by atoms with Gasteiger partial charge in [0.05, 0.1) is 13.2 Å². The van der Waals surface area contributed by atoms with Crippen molar-refractivity contribution in [3.05, 3.63) is 65.5 Å². The van der Waals surface area contributed by atoms with Crippen LogP contribution < -0.4 is 5.32 Å². The summed E-state index contributed by atoms with van der Waals surface area (Å²) in [4.78, 5) is 17.9. The smallest absolute Gasteiger partial charge is 0.246 e. The maximum Gasteiger partial charge on any atom is 0.246 e. The predicted octanol–water partition coefficient (Wildman–Crippen LogP) is 3.97. The van der Waals surface area contributed by atoms with E-state index in [-0.39, 0.29) is 11.7 Å². The Balaban J connectivity index is 1.45. The van der Waals surface area contributed by atoms with Gasteiger partial charge in [-0.15, -0.1) is 0 Å². The molecule has 2 fully saturated rings. The summed E-state index contributed by atoms with van der Waals surface area (Å²) in [5.41, 5.74) is 2.36. The van der Waals surface area contributed by atoms with Crippen molar-refractivity contribution in [2.24, 2.45) is 11.8 Å². The van der Waals surface area contributed by atoms with Crippen LogP contribution in [-0.4, -0.2) is 61.6 Å². The summed E-state index contributed by atoms with van der Waals surface area (Å²) in [6.45, 7) is 10.3. The van der Waals surface area contributed by atoms with E-state index < -0.39 is 6.04 Å². The van der Waals surface area contributed by atoms with Crippen molar-refractivity contribution in [1.82, 2.24) is 9.80 Å². The van der Waals surface area contributed by atoms with E-state index >= 15 is 0 Å². The van der Waals surface area contributed by atoms with E-state index in [4.69, 9.17) is 4.74 Å². The average Bonchev–Trinajstić information content (AvgIpc) is 3.12. The third kappa shape index (κ3) is 5.55. The SMILES string of the molecule is CC1CN(CCc2cccc(NC(=O)C(c3ccccc3F)N3CCOCC3)c2)CC1C. The van der Waals surface area contributed by atoms with Crippen molar-refractivity contribution < 1.29 is 13.9 Å². The van der Waals surface area contributed by atoms with Crippen LogP contribution in [0.2, 0.25) is 0 Å². The minimum Gasteiger partial charge on any atom is -0.379 e. The largest absolute Gasteiger partial charge is 0.379 e. The number of nitrogens with one attached hydrogen (secondary N) is 1. The zero-order valence-corrected chi connectivity index (χ0v) is 19.1. The fourth-order valence-corrected chi connectivity index (χ4v) is 4.77. The minimum absolute atomic E-state index is 0.212. The normalized spacial score (nSPS) is 23.2. The molecular weight excluding hydrogens is 405 g/mol. The first-order valence-corrected chi connectivity index (χ1v) is 11.7. The lowest BCUT2D eigenvalue weighted by Gasteiger charge is -2.34. The Morgan fingerprint density at radius 1 is 1.09 bits per heavy atom. The number of carbonyl (C=O) groups excluding carboxylic acids is 1. The van der Waals surface area contributed by atoms with E-state index in [2.05, 4.69) is 30.1 Å². The van der Waals surface area contributed by atoms with E-state index in [1.165, 1.54) is 11.6 Å². The summed E-state index contributed by atoms with van der Waals surface area (Å²) < 4.78 is 20.1. The van der Waals surface area contributed by atoms with Gasteiger partial charge in [0.15, 0.2) is 0 Å². The lowest BCUT2D eigenvalue weighted by molar-refractivity contribution is -0.123. The van der Waals surface area contributed by atoms with E-state index in [1.807, 2.05) is 23.1 Å². The van der Waals surface area contributed by atoms with Gasteiger partial charge in [0.25, 0.3) is 0 Å². The van der Waals surface area contributed by atoms with Gasteiger partial charge in [0.2, 0.25) is 5.91 Å². The van der Waals surface area contributed by atoms with Crippen LogP contribution in [0, 0.1) is 17.7 Å². The molecule has 2 aliphatic rings. The van der Waals surface area contributed by atoms with Gasteiger partial charge in [-0.1, -0.05) is 44.2 Å².